The lowest BCUT2D eigenvalue weighted by molar-refractivity contribution is -0.386. The summed E-state index contributed by atoms with van der Waals surface area (Å²) in [6, 6.07) is 5.21. The number of benzene rings is 1. The topological polar surface area (TPSA) is 107 Å². The van der Waals surface area contributed by atoms with Crippen molar-refractivity contribution in [3.05, 3.63) is 39.9 Å². The summed E-state index contributed by atoms with van der Waals surface area (Å²) < 4.78 is 4.55. The molecule has 1 atom stereocenters. The number of carboxylic acid groups (broad SMARTS) is 1. The van der Waals surface area contributed by atoms with Crippen LogP contribution in [0.15, 0.2) is 24.3 Å². The van der Waals surface area contributed by atoms with Gasteiger partial charge in [0.2, 0.25) is 6.10 Å². The number of carbonyl (C=O) groups is 2. The van der Waals surface area contributed by atoms with Crippen molar-refractivity contribution in [3.63, 3.8) is 0 Å². The molecule has 1 rings (SSSR count). The average Bonchev–Trinajstić information content (AvgIpc) is 2.25. The number of hydrogen-bond donors (Lipinski definition) is 1. The molecule has 1 aromatic rings. The van der Waals surface area contributed by atoms with Crippen molar-refractivity contribution in [1.29, 1.82) is 0 Å². The summed E-state index contributed by atoms with van der Waals surface area (Å²) in [4.78, 5) is 31.6. The fourth-order valence-electron chi connectivity index (χ4n) is 1.29. The number of nitro groups is 1. The van der Waals surface area contributed by atoms with Gasteiger partial charge in [0.15, 0.2) is 0 Å². The van der Waals surface area contributed by atoms with Crippen LogP contribution in [0.2, 0.25) is 0 Å². The normalized spacial score (nSPS) is 11.6. The number of nitro benzene ring substituents is 1. The Labute approximate surface area is 95.8 Å². The van der Waals surface area contributed by atoms with Gasteiger partial charge in [-0.3, -0.25) is 14.9 Å². The van der Waals surface area contributed by atoms with E-state index in [1.54, 1.807) is 0 Å². The lowest BCUT2D eigenvalue weighted by Gasteiger charge is -2.12. The SMILES string of the molecule is CC(=O)O[C@H](C(=O)O)c1ccccc1[N+](=O)[O-]. The molecule has 0 heterocycles. The standard InChI is InChI=1S/C10H9NO6/c1-6(12)17-9(10(13)14)7-4-2-3-5-8(7)11(15)16/h2-5,9H,1H3,(H,13,14)/t9-/m0/s1. The van der Waals surface area contributed by atoms with Gasteiger partial charge in [0.1, 0.15) is 0 Å². The second-order valence-electron chi connectivity index (χ2n) is 3.14. The Morgan fingerprint density at radius 3 is 2.47 bits per heavy atom. The first-order valence-corrected chi connectivity index (χ1v) is 4.57. The maximum Gasteiger partial charge on any atom is 0.350 e. The highest BCUT2D eigenvalue weighted by Crippen LogP contribution is 2.27. The third-order valence-electron chi connectivity index (χ3n) is 1.92. The number of hydrogen-bond acceptors (Lipinski definition) is 5. The molecule has 0 saturated heterocycles. The Hall–Kier alpha value is -2.44. The highest BCUT2D eigenvalue weighted by molar-refractivity contribution is 5.79. The first-order valence-electron chi connectivity index (χ1n) is 4.57. The molecule has 1 aromatic carbocycles. The van der Waals surface area contributed by atoms with Gasteiger partial charge in [-0.15, -0.1) is 0 Å². The van der Waals surface area contributed by atoms with Crippen LogP contribution in [-0.4, -0.2) is 22.0 Å². The van der Waals surface area contributed by atoms with Gasteiger partial charge >= 0.3 is 11.9 Å². The van der Waals surface area contributed by atoms with Crippen LogP contribution in [0.4, 0.5) is 5.69 Å². The first-order chi connectivity index (χ1) is 7.93. The second-order valence-corrected chi connectivity index (χ2v) is 3.14. The molecule has 0 aliphatic carbocycles. The quantitative estimate of drug-likeness (QED) is 0.481. The molecule has 17 heavy (non-hydrogen) atoms. The van der Waals surface area contributed by atoms with Crippen LogP contribution in [0, 0.1) is 10.1 Å². The zero-order chi connectivity index (χ0) is 13.0. The number of carbonyl (C=O) groups excluding carboxylic acids is 1. The molecule has 0 radical (unpaired) electrons. The molecule has 1 N–H and O–H groups in total. The van der Waals surface area contributed by atoms with E-state index in [1.807, 2.05) is 0 Å². The smallest absolute Gasteiger partial charge is 0.350 e. The van der Waals surface area contributed by atoms with Crippen molar-refractivity contribution in [2.24, 2.45) is 0 Å². The number of para-hydroxylation sites is 1. The molecule has 0 amide bonds. The second kappa shape index (κ2) is 5.06. The van der Waals surface area contributed by atoms with Crippen LogP contribution in [0.1, 0.15) is 18.6 Å². The zero-order valence-electron chi connectivity index (χ0n) is 8.82. The molecule has 0 aromatic heterocycles. The lowest BCUT2D eigenvalue weighted by Crippen LogP contribution is -2.19. The van der Waals surface area contributed by atoms with Crippen LogP contribution < -0.4 is 0 Å². The van der Waals surface area contributed by atoms with E-state index in [2.05, 4.69) is 4.74 Å². The Kier molecular flexibility index (Phi) is 3.76. The fraction of sp³-hybridized carbons (Fsp3) is 0.200. The highest BCUT2D eigenvalue weighted by atomic mass is 16.6. The zero-order valence-corrected chi connectivity index (χ0v) is 8.82. The largest absolute Gasteiger partial charge is 0.478 e. The minimum atomic E-state index is -1.67. The van der Waals surface area contributed by atoms with E-state index in [0.717, 1.165) is 13.0 Å². The van der Waals surface area contributed by atoms with Crippen LogP contribution >= 0.6 is 0 Å². The van der Waals surface area contributed by atoms with Crippen molar-refractivity contribution in [1.82, 2.24) is 0 Å². The maximum absolute atomic E-state index is 10.9. The van der Waals surface area contributed by atoms with E-state index < -0.39 is 28.7 Å². The third-order valence-corrected chi connectivity index (χ3v) is 1.92. The van der Waals surface area contributed by atoms with Crippen molar-refractivity contribution in [3.8, 4) is 0 Å². The monoisotopic (exact) mass is 239 g/mol. The Bertz CT molecular complexity index is 470. The molecule has 0 unspecified atom stereocenters. The molecular weight excluding hydrogens is 230 g/mol. The molecule has 7 nitrogen and oxygen atoms in total. The predicted molar refractivity (Wildman–Crippen MR) is 55.2 cm³/mol. The summed E-state index contributed by atoms with van der Waals surface area (Å²) in [6.45, 7) is 1.03. The summed E-state index contributed by atoms with van der Waals surface area (Å²) in [5, 5.41) is 19.6. The number of carboxylic acids is 1. The summed E-state index contributed by atoms with van der Waals surface area (Å²) in [5.74, 6) is -2.29. The molecule has 0 bridgehead atoms. The number of rotatable bonds is 4. The Morgan fingerprint density at radius 2 is 2.00 bits per heavy atom. The van der Waals surface area contributed by atoms with Crippen molar-refractivity contribution >= 4 is 17.6 Å². The van der Waals surface area contributed by atoms with E-state index in [0.29, 0.717) is 0 Å². The van der Waals surface area contributed by atoms with E-state index in [1.165, 1.54) is 18.2 Å². The third kappa shape index (κ3) is 3.00. The molecule has 0 aliphatic heterocycles. The van der Waals surface area contributed by atoms with Crippen LogP contribution in [0.3, 0.4) is 0 Å². The number of aliphatic carboxylic acids is 1. The highest BCUT2D eigenvalue weighted by Gasteiger charge is 2.29. The molecule has 0 fully saturated rings. The van der Waals surface area contributed by atoms with E-state index in [9.17, 15) is 19.7 Å². The summed E-state index contributed by atoms with van der Waals surface area (Å²) in [5.41, 5.74) is -0.568. The maximum atomic E-state index is 10.9. The lowest BCUT2D eigenvalue weighted by atomic mass is 10.1. The van der Waals surface area contributed by atoms with Gasteiger partial charge in [0, 0.05) is 13.0 Å². The van der Waals surface area contributed by atoms with Crippen LogP contribution in [0.25, 0.3) is 0 Å². The molecule has 0 spiro atoms. The van der Waals surface area contributed by atoms with Gasteiger partial charge in [-0.05, 0) is 6.07 Å². The minimum absolute atomic E-state index is 0.166. The molecule has 7 heteroatoms. The fourth-order valence-corrected chi connectivity index (χ4v) is 1.29. The van der Waals surface area contributed by atoms with E-state index in [4.69, 9.17) is 5.11 Å². The van der Waals surface area contributed by atoms with E-state index >= 15 is 0 Å². The predicted octanol–water partition coefficient (Wildman–Crippen LogP) is 1.28. The van der Waals surface area contributed by atoms with Crippen molar-refractivity contribution in [2.45, 2.75) is 13.0 Å². The van der Waals surface area contributed by atoms with Gasteiger partial charge in [0.25, 0.3) is 5.69 Å². The summed E-state index contributed by atoms with van der Waals surface area (Å²) in [7, 11) is 0. The van der Waals surface area contributed by atoms with Gasteiger partial charge in [-0.25, -0.2) is 4.79 Å². The Morgan fingerprint density at radius 1 is 1.41 bits per heavy atom. The van der Waals surface area contributed by atoms with Crippen LogP contribution in [0.5, 0.6) is 0 Å². The van der Waals surface area contributed by atoms with Gasteiger partial charge in [-0.1, -0.05) is 12.1 Å². The summed E-state index contributed by atoms with van der Waals surface area (Å²) in [6.07, 6.45) is -1.67. The molecule has 0 aliphatic rings. The average molecular weight is 239 g/mol. The molecule has 0 saturated carbocycles. The summed E-state index contributed by atoms with van der Waals surface area (Å²) >= 11 is 0. The Balaban J connectivity index is 3.22. The van der Waals surface area contributed by atoms with Gasteiger partial charge in [0.05, 0.1) is 10.5 Å². The van der Waals surface area contributed by atoms with E-state index in [-0.39, 0.29) is 5.56 Å². The van der Waals surface area contributed by atoms with Gasteiger partial charge in [-0.2, -0.15) is 0 Å². The first kappa shape index (κ1) is 12.6. The number of esters is 1. The number of nitrogens with zero attached hydrogens (tertiary/aromatic N) is 1. The van der Waals surface area contributed by atoms with Crippen LogP contribution in [-0.2, 0) is 14.3 Å². The van der Waals surface area contributed by atoms with Gasteiger partial charge < -0.3 is 9.84 Å². The van der Waals surface area contributed by atoms with Crippen molar-refractivity contribution < 1.29 is 24.4 Å². The van der Waals surface area contributed by atoms with Crippen molar-refractivity contribution in [2.75, 3.05) is 0 Å². The minimum Gasteiger partial charge on any atom is -0.478 e. The molecular formula is C10H9NO6. The molecule has 90 valence electrons. The number of ether oxygens (including phenoxy) is 1.